The Morgan fingerprint density at radius 2 is 2.18 bits per heavy atom. The van der Waals surface area contributed by atoms with Crippen LogP contribution in [0.3, 0.4) is 0 Å². The lowest BCUT2D eigenvalue weighted by Crippen LogP contribution is -2.24. The van der Waals surface area contributed by atoms with Crippen LogP contribution in [0.15, 0.2) is 23.1 Å². The number of ether oxygens (including phenoxy) is 1. The maximum Gasteiger partial charge on any atom is 0.341 e. The molecule has 2 heterocycles. The van der Waals surface area contributed by atoms with Crippen LogP contribution in [0, 0.1) is 0 Å². The molecular weight excluding hydrogens is 286 g/mol. The molecule has 2 aromatic heterocycles. The van der Waals surface area contributed by atoms with Crippen LogP contribution < -0.4 is 0 Å². The van der Waals surface area contributed by atoms with Crippen LogP contribution in [0.2, 0.25) is 0 Å². The Morgan fingerprint density at radius 1 is 1.47 bits per heavy atom. The maximum atomic E-state index is 11.9. The van der Waals surface area contributed by atoms with Crippen LogP contribution >= 0.6 is 15.9 Å². The second kappa shape index (κ2) is 4.10. The predicted molar refractivity (Wildman–Crippen MR) is 65.9 cm³/mol. The first-order valence-electron chi connectivity index (χ1n) is 5.10. The topological polar surface area (TPSA) is 56.5 Å². The van der Waals surface area contributed by atoms with Crippen molar-refractivity contribution in [3.8, 4) is 0 Å². The van der Waals surface area contributed by atoms with Gasteiger partial charge in [-0.3, -0.25) is 0 Å². The standard InChI is InChI=1S/C11H12BrN3O2/c1-11(2,3)17-10(16)7-6-14-15-5-4-13-9(15)8(7)12/h4-6H,1-3H3. The summed E-state index contributed by atoms with van der Waals surface area (Å²) in [5.74, 6) is -0.414. The van der Waals surface area contributed by atoms with Gasteiger partial charge in [-0.1, -0.05) is 0 Å². The molecule has 0 aliphatic rings. The van der Waals surface area contributed by atoms with E-state index in [0.29, 0.717) is 15.7 Å². The number of carbonyl (C=O) groups excluding carboxylic acids is 1. The van der Waals surface area contributed by atoms with Gasteiger partial charge >= 0.3 is 5.97 Å². The molecule has 90 valence electrons. The van der Waals surface area contributed by atoms with Gasteiger partial charge in [0, 0.05) is 12.4 Å². The minimum absolute atomic E-state index is 0.374. The van der Waals surface area contributed by atoms with Crippen LogP contribution in [0.5, 0.6) is 0 Å². The Morgan fingerprint density at radius 3 is 2.82 bits per heavy atom. The molecule has 0 bridgehead atoms. The fraction of sp³-hybridized carbons (Fsp3) is 0.364. The molecule has 0 aliphatic carbocycles. The highest BCUT2D eigenvalue weighted by molar-refractivity contribution is 9.10. The summed E-state index contributed by atoms with van der Waals surface area (Å²) >= 11 is 3.34. The number of rotatable bonds is 1. The quantitative estimate of drug-likeness (QED) is 0.759. The maximum absolute atomic E-state index is 11.9. The van der Waals surface area contributed by atoms with E-state index in [1.165, 1.54) is 6.20 Å². The Kier molecular flexibility index (Phi) is 2.91. The molecule has 0 unspecified atom stereocenters. The number of carbonyl (C=O) groups is 1. The molecule has 0 aromatic carbocycles. The lowest BCUT2D eigenvalue weighted by molar-refractivity contribution is 0.00679. The van der Waals surface area contributed by atoms with Gasteiger partial charge in [-0.15, -0.1) is 0 Å². The number of halogens is 1. The molecule has 0 atom stereocenters. The van der Waals surface area contributed by atoms with Crippen molar-refractivity contribution in [2.24, 2.45) is 0 Å². The monoisotopic (exact) mass is 297 g/mol. The molecule has 2 aromatic rings. The van der Waals surface area contributed by atoms with Gasteiger partial charge in [0.1, 0.15) is 5.60 Å². The van der Waals surface area contributed by atoms with E-state index >= 15 is 0 Å². The zero-order chi connectivity index (χ0) is 12.6. The normalized spacial score (nSPS) is 11.8. The summed E-state index contributed by atoms with van der Waals surface area (Å²) in [6, 6.07) is 0. The Hall–Kier alpha value is -1.43. The van der Waals surface area contributed by atoms with Gasteiger partial charge in [-0.25, -0.2) is 14.3 Å². The summed E-state index contributed by atoms with van der Waals surface area (Å²) in [7, 11) is 0. The number of nitrogens with zero attached hydrogens (tertiary/aromatic N) is 3. The van der Waals surface area contributed by atoms with E-state index in [1.54, 1.807) is 16.9 Å². The summed E-state index contributed by atoms with van der Waals surface area (Å²) in [6.45, 7) is 5.46. The fourth-order valence-corrected chi connectivity index (χ4v) is 1.87. The van der Waals surface area contributed by atoms with E-state index in [9.17, 15) is 4.79 Å². The molecular formula is C11H12BrN3O2. The number of hydrogen-bond acceptors (Lipinski definition) is 4. The molecule has 17 heavy (non-hydrogen) atoms. The van der Waals surface area contributed by atoms with Crippen molar-refractivity contribution in [3.05, 3.63) is 28.6 Å². The summed E-state index contributed by atoms with van der Waals surface area (Å²) in [5, 5.41) is 4.08. The first-order chi connectivity index (χ1) is 7.88. The number of hydrogen-bond donors (Lipinski definition) is 0. The van der Waals surface area contributed by atoms with Gasteiger partial charge in [0.15, 0.2) is 5.65 Å². The molecule has 0 N–H and O–H groups in total. The minimum atomic E-state index is -0.530. The Bertz CT molecular complexity index is 572. The van der Waals surface area contributed by atoms with Gasteiger partial charge in [-0.2, -0.15) is 5.10 Å². The van der Waals surface area contributed by atoms with Crippen molar-refractivity contribution in [3.63, 3.8) is 0 Å². The van der Waals surface area contributed by atoms with Gasteiger partial charge in [0.25, 0.3) is 0 Å². The van der Waals surface area contributed by atoms with Crippen LogP contribution in [0.4, 0.5) is 0 Å². The predicted octanol–water partition coefficient (Wildman–Crippen LogP) is 2.45. The number of fused-ring (bicyclic) bond motifs is 1. The van der Waals surface area contributed by atoms with Gasteiger partial charge in [-0.05, 0) is 36.7 Å². The SMILES string of the molecule is CC(C)(C)OC(=O)c1cnn2ccnc2c1Br. The van der Waals surface area contributed by atoms with Crippen molar-refractivity contribution in [2.45, 2.75) is 26.4 Å². The molecule has 0 radical (unpaired) electrons. The van der Waals surface area contributed by atoms with Crippen molar-refractivity contribution in [1.82, 2.24) is 14.6 Å². The average Bonchev–Trinajstić information content (AvgIpc) is 2.63. The molecule has 0 saturated heterocycles. The molecule has 5 nitrogen and oxygen atoms in total. The fourth-order valence-electron chi connectivity index (χ4n) is 1.32. The Labute approximate surface area is 107 Å². The van der Waals surface area contributed by atoms with Crippen molar-refractivity contribution in [2.75, 3.05) is 0 Å². The van der Waals surface area contributed by atoms with Crippen molar-refractivity contribution < 1.29 is 9.53 Å². The molecule has 6 heteroatoms. The molecule has 0 aliphatic heterocycles. The number of aromatic nitrogens is 3. The second-order valence-corrected chi connectivity index (χ2v) is 5.36. The highest BCUT2D eigenvalue weighted by Gasteiger charge is 2.21. The third-order valence-electron chi connectivity index (χ3n) is 1.98. The van der Waals surface area contributed by atoms with Crippen LogP contribution in [-0.2, 0) is 4.74 Å². The van der Waals surface area contributed by atoms with Crippen LogP contribution in [0.1, 0.15) is 31.1 Å². The summed E-state index contributed by atoms with van der Waals surface area (Å²) in [5.41, 5.74) is 0.435. The van der Waals surface area contributed by atoms with E-state index in [2.05, 4.69) is 26.0 Å². The smallest absolute Gasteiger partial charge is 0.341 e. The highest BCUT2D eigenvalue weighted by Crippen LogP contribution is 2.22. The van der Waals surface area contributed by atoms with Gasteiger partial charge < -0.3 is 4.74 Å². The molecule has 0 fully saturated rings. The van der Waals surface area contributed by atoms with Gasteiger partial charge in [0.05, 0.1) is 16.2 Å². The van der Waals surface area contributed by atoms with Crippen LogP contribution in [0.25, 0.3) is 5.65 Å². The van der Waals surface area contributed by atoms with E-state index in [4.69, 9.17) is 4.74 Å². The molecule has 0 amide bonds. The van der Waals surface area contributed by atoms with E-state index in [1.807, 2.05) is 20.8 Å². The molecule has 0 spiro atoms. The van der Waals surface area contributed by atoms with E-state index in [-0.39, 0.29) is 0 Å². The van der Waals surface area contributed by atoms with Crippen LogP contribution in [-0.4, -0.2) is 26.2 Å². The molecule has 2 rings (SSSR count). The first-order valence-corrected chi connectivity index (χ1v) is 5.89. The Balaban J connectivity index is 2.42. The van der Waals surface area contributed by atoms with E-state index < -0.39 is 11.6 Å². The lowest BCUT2D eigenvalue weighted by Gasteiger charge is -2.19. The zero-order valence-electron chi connectivity index (χ0n) is 9.77. The number of imidazole rings is 1. The second-order valence-electron chi connectivity index (χ2n) is 4.57. The summed E-state index contributed by atoms with van der Waals surface area (Å²) in [6.07, 6.45) is 4.79. The number of esters is 1. The van der Waals surface area contributed by atoms with Gasteiger partial charge in [0.2, 0.25) is 0 Å². The highest BCUT2D eigenvalue weighted by atomic mass is 79.9. The first kappa shape index (κ1) is 12.0. The largest absolute Gasteiger partial charge is 0.456 e. The summed E-state index contributed by atoms with van der Waals surface area (Å²) in [4.78, 5) is 16.0. The molecule has 0 saturated carbocycles. The zero-order valence-corrected chi connectivity index (χ0v) is 11.4. The van der Waals surface area contributed by atoms with E-state index in [0.717, 1.165) is 0 Å². The van der Waals surface area contributed by atoms with Crippen molar-refractivity contribution in [1.29, 1.82) is 0 Å². The third kappa shape index (κ3) is 2.46. The average molecular weight is 298 g/mol. The summed E-state index contributed by atoms with van der Waals surface area (Å²) < 4.78 is 7.45. The minimum Gasteiger partial charge on any atom is -0.456 e. The third-order valence-corrected chi connectivity index (χ3v) is 2.77. The van der Waals surface area contributed by atoms with Crippen molar-refractivity contribution >= 4 is 27.5 Å². The lowest BCUT2D eigenvalue weighted by atomic mass is 10.2.